The summed E-state index contributed by atoms with van der Waals surface area (Å²) in [6.07, 6.45) is 5.76. The van der Waals surface area contributed by atoms with Gasteiger partial charge in [-0.2, -0.15) is 9.97 Å². The molecule has 0 radical (unpaired) electrons. The zero-order chi connectivity index (χ0) is 14.8. The third-order valence-corrected chi connectivity index (χ3v) is 5.43. The molecule has 3 rings (SSSR count). The first-order chi connectivity index (χ1) is 10.2. The van der Waals surface area contributed by atoms with E-state index in [1.54, 1.807) is 11.8 Å². The second-order valence-electron chi connectivity index (χ2n) is 5.76. The highest BCUT2D eigenvalue weighted by molar-refractivity contribution is 7.98. The minimum absolute atomic E-state index is 0.544. The summed E-state index contributed by atoms with van der Waals surface area (Å²) in [5.41, 5.74) is 0. The van der Waals surface area contributed by atoms with E-state index in [1.807, 2.05) is 6.26 Å². The van der Waals surface area contributed by atoms with Gasteiger partial charge in [-0.1, -0.05) is 11.6 Å². The van der Waals surface area contributed by atoms with Gasteiger partial charge in [0.2, 0.25) is 5.95 Å². The second-order valence-corrected chi connectivity index (χ2v) is 6.93. The predicted octanol–water partition coefficient (Wildman–Crippen LogP) is 2.57. The highest BCUT2D eigenvalue weighted by atomic mass is 35.5. The molecule has 0 amide bonds. The molecule has 0 atom stereocenters. The Balaban J connectivity index is 1.83. The summed E-state index contributed by atoms with van der Waals surface area (Å²) in [7, 11) is 2.14. The summed E-state index contributed by atoms with van der Waals surface area (Å²) < 4.78 is 0. The number of piperazine rings is 1. The molecule has 0 bridgehead atoms. The molecule has 1 aromatic rings. The lowest BCUT2D eigenvalue weighted by molar-refractivity contribution is 0.311. The molecule has 1 saturated heterocycles. The van der Waals surface area contributed by atoms with Gasteiger partial charge >= 0.3 is 0 Å². The number of thioether (sulfide) groups is 1. The molecule has 1 N–H and O–H groups in total. The topological polar surface area (TPSA) is 44.3 Å². The third-order valence-electron chi connectivity index (χ3n) is 4.25. The molecular formula is C14H22ClN5S. The molecule has 1 aliphatic carbocycles. The summed E-state index contributed by atoms with van der Waals surface area (Å²) in [4.78, 5) is 14.8. The van der Waals surface area contributed by atoms with Gasteiger partial charge in [-0.05, 0) is 32.6 Å². The summed E-state index contributed by atoms with van der Waals surface area (Å²) in [6.45, 7) is 3.98. The number of rotatable bonds is 4. The normalized spacial score (nSPS) is 20.4. The summed E-state index contributed by atoms with van der Waals surface area (Å²) >= 11 is 7.99. The Labute approximate surface area is 135 Å². The van der Waals surface area contributed by atoms with Crippen LogP contribution >= 0.6 is 23.4 Å². The maximum absolute atomic E-state index is 6.38. The number of anilines is 2. The van der Waals surface area contributed by atoms with Gasteiger partial charge in [0.05, 0.1) is 4.90 Å². The number of hydrogen-bond acceptors (Lipinski definition) is 6. The highest BCUT2D eigenvalue weighted by Crippen LogP contribution is 2.34. The fourth-order valence-electron chi connectivity index (χ4n) is 2.58. The molecular weight excluding hydrogens is 306 g/mol. The van der Waals surface area contributed by atoms with Gasteiger partial charge in [0.25, 0.3) is 0 Å². The molecule has 1 aliphatic heterocycles. The maximum atomic E-state index is 6.38. The SMILES string of the molecule is CSc1c(Cl)nc(N2CCN(C)CC2)nc1NC1CCC1. The van der Waals surface area contributed by atoms with E-state index >= 15 is 0 Å². The van der Waals surface area contributed by atoms with Crippen LogP contribution in [0.3, 0.4) is 0 Å². The minimum atomic E-state index is 0.544. The molecule has 21 heavy (non-hydrogen) atoms. The predicted molar refractivity (Wildman–Crippen MR) is 89.8 cm³/mol. The van der Waals surface area contributed by atoms with Crippen molar-refractivity contribution in [3.8, 4) is 0 Å². The van der Waals surface area contributed by atoms with E-state index in [0.29, 0.717) is 11.2 Å². The number of nitrogens with one attached hydrogen (secondary N) is 1. The van der Waals surface area contributed by atoms with Crippen LogP contribution in [-0.2, 0) is 0 Å². The molecule has 1 saturated carbocycles. The molecule has 116 valence electrons. The number of nitrogens with zero attached hydrogens (tertiary/aromatic N) is 4. The van der Waals surface area contributed by atoms with E-state index in [4.69, 9.17) is 16.6 Å². The maximum Gasteiger partial charge on any atom is 0.228 e. The fraction of sp³-hybridized carbons (Fsp3) is 0.714. The first-order valence-electron chi connectivity index (χ1n) is 7.49. The van der Waals surface area contributed by atoms with Crippen molar-refractivity contribution in [2.75, 3.05) is 49.7 Å². The van der Waals surface area contributed by atoms with Gasteiger partial charge in [0.15, 0.2) is 0 Å². The molecule has 0 unspecified atom stereocenters. The van der Waals surface area contributed by atoms with Gasteiger partial charge in [0.1, 0.15) is 11.0 Å². The Bertz CT molecular complexity index is 500. The molecule has 2 aliphatic rings. The van der Waals surface area contributed by atoms with E-state index in [2.05, 4.69) is 27.1 Å². The van der Waals surface area contributed by atoms with Crippen molar-refractivity contribution in [3.63, 3.8) is 0 Å². The first-order valence-corrected chi connectivity index (χ1v) is 9.09. The second kappa shape index (κ2) is 6.58. The van der Waals surface area contributed by atoms with E-state index in [-0.39, 0.29) is 0 Å². The van der Waals surface area contributed by atoms with E-state index < -0.39 is 0 Å². The molecule has 0 spiro atoms. The first kappa shape index (κ1) is 15.2. The van der Waals surface area contributed by atoms with Crippen LogP contribution in [0.15, 0.2) is 4.90 Å². The number of hydrogen-bond donors (Lipinski definition) is 1. The average Bonchev–Trinajstić information content (AvgIpc) is 2.43. The van der Waals surface area contributed by atoms with Crippen molar-refractivity contribution in [1.29, 1.82) is 0 Å². The average molecular weight is 328 g/mol. The molecule has 2 heterocycles. The van der Waals surface area contributed by atoms with Crippen LogP contribution in [0.2, 0.25) is 5.15 Å². The van der Waals surface area contributed by atoms with Crippen molar-refractivity contribution in [2.45, 2.75) is 30.2 Å². The van der Waals surface area contributed by atoms with E-state index in [1.165, 1.54) is 19.3 Å². The molecule has 1 aromatic heterocycles. The van der Waals surface area contributed by atoms with Gasteiger partial charge < -0.3 is 15.1 Å². The van der Waals surface area contributed by atoms with Crippen LogP contribution in [0.5, 0.6) is 0 Å². The van der Waals surface area contributed by atoms with Crippen LogP contribution in [0.25, 0.3) is 0 Å². The lowest BCUT2D eigenvalue weighted by Gasteiger charge is -2.33. The van der Waals surface area contributed by atoms with Crippen LogP contribution in [0, 0.1) is 0 Å². The Morgan fingerprint density at radius 1 is 1.19 bits per heavy atom. The van der Waals surface area contributed by atoms with Gasteiger partial charge in [-0.15, -0.1) is 11.8 Å². The Hall–Kier alpha value is -0.720. The van der Waals surface area contributed by atoms with Crippen molar-refractivity contribution in [1.82, 2.24) is 14.9 Å². The lowest BCUT2D eigenvalue weighted by atomic mass is 9.93. The molecule has 2 fully saturated rings. The zero-order valence-electron chi connectivity index (χ0n) is 12.6. The van der Waals surface area contributed by atoms with Crippen molar-refractivity contribution in [2.24, 2.45) is 0 Å². The van der Waals surface area contributed by atoms with Crippen LogP contribution < -0.4 is 10.2 Å². The van der Waals surface area contributed by atoms with Gasteiger partial charge in [-0.3, -0.25) is 0 Å². The zero-order valence-corrected chi connectivity index (χ0v) is 14.2. The smallest absolute Gasteiger partial charge is 0.228 e. The molecule has 0 aromatic carbocycles. The quantitative estimate of drug-likeness (QED) is 0.677. The Morgan fingerprint density at radius 3 is 2.48 bits per heavy atom. The highest BCUT2D eigenvalue weighted by Gasteiger charge is 2.23. The number of aromatic nitrogens is 2. The van der Waals surface area contributed by atoms with Crippen LogP contribution in [-0.4, -0.2) is 60.4 Å². The molecule has 7 heteroatoms. The van der Waals surface area contributed by atoms with Gasteiger partial charge in [-0.25, -0.2) is 0 Å². The van der Waals surface area contributed by atoms with Crippen molar-refractivity contribution >= 4 is 35.1 Å². The lowest BCUT2D eigenvalue weighted by Crippen LogP contribution is -2.45. The summed E-state index contributed by atoms with van der Waals surface area (Å²) in [5.74, 6) is 1.66. The van der Waals surface area contributed by atoms with Gasteiger partial charge in [0, 0.05) is 32.2 Å². The molecule has 5 nitrogen and oxygen atoms in total. The van der Waals surface area contributed by atoms with Crippen LogP contribution in [0.4, 0.5) is 11.8 Å². The van der Waals surface area contributed by atoms with Crippen molar-refractivity contribution in [3.05, 3.63) is 5.15 Å². The largest absolute Gasteiger partial charge is 0.366 e. The Morgan fingerprint density at radius 2 is 1.90 bits per heavy atom. The number of likely N-dealkylation sites (N-methyl/N-ethyl adjacent to an activating group) is 1. The fourth-order valence-corrected chi connectivity index (χ4v) is 3.49. The van der Waals surface area contributed by atoms with Crippen LogP contribution in [0.1, 0.15) is 19.3 Å². The number of halogens is 1. The minimum Gasteiger partial charge on any atom is -0.366 e. The third kappa shape index (κ3) is 3.38. The standard InChI is InChI=1S/C14H22ClN5S/c1-19-6-8-20(9-7-19)14-17-12(15)11(21-2)13(18-14)16-10-4-3-5-10/h10H,3-9H2,1-2H3,(H,16,17,18). The summed E-state index contributed by atoms with van der Waals surface area (Å²) in [6, 6.07) is 0.544. The monoisotopic (exact) mass is 327 g/mol. The van der Waals surface area contributed by atoms with E-state index in [9.17, 15) is 0 Å². The summed E-state index contributed by atoms with van der Waals surface area (Å²) in [5, 5.41) is 4.10. The Kier molecular flexibility index (Phi) is 4.76. The van der Waals surface area contributed by atoms with Crippen molar-refractivity contribution < 1.29 is 0 Å². The van der Waals surface area contributed by atoms with E-state index in [0.717, 1.165) is 42.8 Å².